The molecular formula is C9H16N2O2. The molecule has 0 aliphatic heterocycles. The highest BCUT2D eigenvalue weighted by Crippen LogP contribution is 2.17. The number of rotatable bonds is 4. The fourth-order valence-electron chi connectivity index (χ4n) is 1.22. The highest BCUT2D eigenvalue weighted by Gasteiger charge is 2.17. The summed E-state index contributed by atoms with van der Waals surface area (Å²) in [6, 6.07) is 0. The van der Waals surface area contributed by atoms with E-state index in [2.05, 4.69) is 5.10 Å². The Morgan fingerprint density at radius 2 is 2.38 bits per heavy atom. The van der Waals surface area contributed by atoms with E-state index in [1.54, 1.807) is 17.1 Å². The van der Waals surface area contributed by atoms with Crippen molar-refractivity contribution in [3.8, 4) is 0 Å². The third-order valence-electron chi connectivity index (χ3n) is 1.94. The van der Waals surface area contributed by atoms with Crippen LogP contribution in [0.25, 0.3) is 0 Å². The van der Waals surface area contributed by atoms with Gasteiger partial charge in [0.25, 0.3) is 0 Å². The van der Waals surface area contributed by atoms with Gasteiger partial charge in [-0.2, -0.15) is 5.10 Å². The normalized spacial score (nSPS) is 15.7. The lowest BCUT2D eigenvalue weighted by molar-refractivity contribution is -0.0228. The quantitative estimate of drug-likeness (QED) is 0.755. The Labute approximate surface area is 78.1 Å². The number of aromatic nitrogens is 2. The SMILES string of the molecule is CCOC(C)C(O)c1cnn(C)c1. The molecule has 13 heavy (non-hydrogen) atoms. The molecule has 1 N–H and O–H groups in total. The molecule has 0 amide bonds. The molecule has 4 nitrogen and oxygen atoms in total. The number of ether oxygens (including phenoxy) is 1. The van der Waals surface area contributed by atoms with Crippen molar-refractivity contribution in [2.45, 2.75) is 26.1 Å². The van der Waals surface area contributed by atoms with Gasteiger partial charge in [-0.15, -0.1) is 0 Å². The van der Waals surface area contributed by atoms with Crippen molar-refractivity contribution in [1.29, 1.82) is 0 Å². The molecule has 0 aliphatic rings. The van der Waals surface area contributed by atoms with Crippen LogP contribution < -0.4 is 0 Å². The van der Waals surface area contributed by atoms with E-state index in [4.69, 9.17) is 4.74 Å². The van der Waals surface area contributed by atoms with E-state index in [-0.39, 0.29) is 6.10 Å². The van der Waals surface area contributed by atoms with Gasteiger partial charge in [0.05, 0.1) is 12.3 Å². The fourth-order valence-corrected chi connectivity index (χ4v) is 1.22. The first-order valence-electron chi connectivity index (χ1n) is 4.43. The molecule has 0 aromatic carbocycles. The minimum absolute atomic E-state index is 0.186. The summed E-state index contributed by atoms with van der Waals surface area (Å²) < 4.78 is 6.94. The summed E-state index contributed by atoms with van der Waals surface area (Å²) >= 11 is 0. The molecule has 1 rings (SSSR count). The van der Waals surface area contributed by atoms with Crippen molar-refractivity contribution < 1.29 is 9.84 Å². The van der Waals surface area contributed by atoms with Crippen LogP contribution in [0, 0.1) is 0 Å². The Balaban J connectivity index is 2.61. The molecule has 1 heterocycles. The topological polar surface area (TPSA) is 47.3 Å². The molecule has 0 radical (unpaired) electrons. The maximum Gasteiger partial charge on any atom is 0.108 e. The first kappa shape index (κ1) is 10.2. The minimum atomic E-state index is -0.589. The maximum absolute atomic E-state index is 9.76. The average Bonchev–Trinajstić information content (AvgIpc) is 2.51. The average molecular weight is 184 g/mol. The molecule has 1 aromatic rings. The van der Waals surface area contributed by atoms with Crippen LogP contribution in [-0.2, 0) is 11.8 Å². The number of hydrogen-bond acceptors (Lipinski definition) is 3. The van der Waals surface area contributed by atoms with E-state index >= 15 is 0 Å². The lowest BCUT2D eigenvalue weighted by Gasteiger charge is -2.16. The smallest absolute Gasteiger partial charge is 0.108 e. The van der Waals surface area contributed by atoms with E-state index in [0.29, 0.717) is 6.61 Å². The zero-order chi connectivity index (χ0) is 9.84. The van der Waals surface area contributed by atoms with Crippen LogP contribution in [0.2, 0.25) is 0 Å². The van der Waals surface area contributed by atoms with Crippen LogP contribution in [-0.4, -0.2) is 27.6 Å². The standard InChI is InChI=1S/C9H16N2O2/c1-4-13-7(2)9(12)8-5-10-11(3)6-8/h5-7,9,12H,4H2,1-3H3. The highest BCUT2D eigenvalue weighted by atomic mass is 16.5. The molecule has 0 saturated carbocycles. The Morgan fingerprint density at radius 1 is 1.69 bits per heavy atom. The van der Waals surface area contributed by atoms with Crippen molar-refractivity contribution >= 4 is 0 Å². The second kappa shape index (κ2) is 4.39. The molecule has 74 valence electrons. The van der Waals surface area contributed by atoms with Gasteiger partial charge in [0, 0.05) is 25.4 Å². The van der Waals surface area contributed by atoms with Gasteiger partial charge >= 0.3 is 0 Å². The van der Waals surface area contributed by atoms with Crippen molar-refractivity contribution in [2.24, 2.45) is 7.05 Å². The molecule has 2 unspecified atom stereocenters. The van der Waals surface area contributed by atoms with Gasteiger partial charge < -0.3 is 9.84 Å². The summed E-state index contributed by atoms with van der Waals surface area (Å²) in [5.74, 6) is 0. The van der Waals surface area contributed by atoms with Gasteiger partial charge in [-0.25, -0.2) is 0 Å². The van der Waals surface area contributed by atoms with E-state index in [1.807, 2.05) is 20.9 Å². The molecule has 0 bridgehead atoms. The van der Waals surface area contributed by atoms with E-state index in [9.17, 15) is 5.11 Å². The van der Waals surface area contributed by atoms with Crippen molar-refractivity contribution in [3.63, 3.8) is 0 Å². The monoisotopic (exact) mass is 184 g/mol. The van der Waals surface area contributed by atoms with E-state index in [1.165, 1.54) is 0 Å². The minimum Gasteiger partial charge on any atom is -0.386 e. The second-order valence-electron chi connectivity index (χ2n) is 3.05. The van der Waals surface area contributed by atoms with Crippen LogP contribution in [0.3, 0.4) is 0 Å². The predicted molar refractivity (Wildman–Crippen MR) is 49.3 cm³/mol. The third kappa shape index (κ3) is 2.54. The summed E-state index contributed by atoms with van der Waals surface area (Å²) in [6.45, 7) is 4.37. The number of aryl methyl sites for hydroxylation is 1. The number of aliphatic hydroxyl groups is 1. The molecule has 1 aromatic heterocycles. The Hall–Kier alpha value is -0.870. The van der Waals surface area contributed by atoms with Crippen molar-refractivity contribution in [1.82, 2.24) is 9.78 Å². The van der Waals surface area contributed by atoms with Gasteiger partial charge in [0.1, 0.15) is 6.10 Å². The van der Waals surface area contributed by atoms with Crippen LogP contribution in [0.15, 0.2) is 12.4 Å². The van der Waals surface area contributed by atoms with Crippen molar-refractivity contribution in [3.05, 3.63) is 18.0 Å². The zero-order valence-electron chi connectivity index (χ0n) is 8.27. The van der Waals surface area contributed by atoms with Crippen LogP contribution >= 0.6 is 0 Å². The summed E-state index contributed by atoms with van der Waals surface area (Å²) in [5.41, 5.74) is 0.795. The van der Waals surface area contributed by atoms with Crippen LogP contribution in [0.4, 0.5) is 0 Å². The Bertz CT molecular complexity index is 260. The van der Waals surface area contributed by atoms with Gasteiger partial charge in [0.2, 0.25) is 0 Å². The molecule has 0 saturated heterocycles. The molecular weight excluding hydrogens is 168 g/mol. The molecule has 4 heteroatoms. The summed E-state index contributed by atoms with van der Waals surface area (Å²) in [5, 5.41) is 13.7. The largest absolute Gasteiger partial charge is 0.386 e. The Kier molecular flexibility index (Phi) is 3.45. The molecule has 0 aliphatic carbocycles. The van der Waals surface area contributed by atoms with Crippen LogP contribution in [0.5, 0.6) is 0 Å². The zero-order valence-corrected chi connectivity index (χ0v) is 8.27. The molecule has 0 spiro atoms. The third-order valence-corrected chi connectivity index (χ3v) is 1.94. The lowest BCUT2D eigenvalue weighted by Crippen LogP contribution is -2.18. The van der Waals surface area contributed by atoms with Gasteiger partial charge in [-0.05, 0) is 13.8 Å². The molecule has 2 atom stereocenters. The number of hydrogen-bond donors (Lipinski definition) is 1. The number of aliphatic hydroxyl groups excluding tert-OH is 1. The lowest BCUT2D eigenvalue weighted by atomic mass is 10.1. The first-order valence-corrected chi connectivity index (χ1v) is 4.43. The fraction of sp³-hybridized carbons (Fsp3) is 0.667. The Morgan fingerprint density at radius 3 is 2.85 bits per heavy atom. The number of nitrogens with zero attached hydrogens (tertiary/aromatic N) is 2. The van der Waals surface area contributed by atoms with Gasteiger partial charge in [-0.1, -0.05) is 0 Å². The maximum atomic E-state index is 9.76. The molecule has 0 fully saturated rings. The van der Waals surface area contributed by atoms with Crippen LogP contribution in [0.1, 0.15) is 25.5 Å². The first-order chi connectivity index (χ1) is 6.15. The summed E-state index contributed by atoms with van der Waals surface area (Å²) in [6.07, 6.45) is 2.67. The van der Waals surface area contributed by atoms with Gasteiger partial charge in [0.15, 0.2) is 0 Å². The summed E-state index contributed by atoms with van der Waals surface area (Å²) in [4.78, 5) is 0. The van der Waals surface area contributed by atoms with Crippen molar-refractivity contribution in [2.75, 3.05) is 6.61 Å². The second-order valence-corrected chi connectivity index (χ2v) is 3.05. The van der Waals surface area contributed by atoms with E-state index < -0.39 is 6.10 Å². The van der Waals surface area contributed by atoms with Gasteiger partial charge in [-0.3, -0.25) is 4.68 Å². The van der Waals surface area contributed by atoms with E-state index in [0.717, 1.165) is 5.56 Å². The highest BCUT2D eigenvalue weighted by molar-refractivity contribution is 5.08. The predicted octanol–water partition coefficient (Wildman–Crippen LogP) is 0.879. The summed E-state index contributed by atoms with van der Waals surface area (Å²) in [7, 11) is 1.82.